The number of phenolic OH excluding ortho intramolecular Hbond substituents is 1. The molecule has 3 unspecified atom stereocenters. The van der Waals surface area contributed by atoms with Crippen molar-refractivity contribution in [1.29, 1.82) is 0 Å². The lowest BCUT2D eigenvalue weighted by Gasteiger charge is -2.45. The molecule has 0 spiro atoms. The summed E-state index contributed by atoms with van der Waals surface area (Å²) in [7, 11) is 0. The van der Waals surface area contributed by atoms with Gasteiger partial charge in [-0.15, -0.1) is 0 Å². The molecule has 42 heavy (non-hydrogen) atoms. The molecule has 3 aromatic rings. The fourth-order valence-electron chi connectivity index (χ4n) is 5.57. The monoisotopic (exact) mass is 571 g/mol. The van der Waals surface area contributed by atoms with Gasteiger partial charge in [0.25, 0.3) is 5.91 Å². The van der Waals surface area contributed by atoms with Gasteiger partial charge >= 0.3 is 5.97 Å². The van der Waals surface area contributed by atoms with Crippen molar-refractivity contribution in [3.05, 3.63) is 102 Å². The van der Waals surface area contributed by atoms with E-state index < -0.39 is 18.5 Å². The topological polar surface area (TPSA) is 108 Å². The van der Waals surface area contributed by atoms with Gasteiger partial charge in [0.1, 0.15) is 12.3 Å². The summed E-state index contributed by atoms with van der Waals surface area (Å²) in [5.74, 6) is -1.08. The number of nitrogens with one attached hydrogen (secondary N) is 2. The van der Waals surface area contributed by atoms with Crippen LogP contribution >= 0.6 is 0 Å². The molecule has 1 fully saturated rings. The van der Waals surface area contributed by atoms with Gasteiger partial charge in [0, 0.05) is 19.6 Å². The van der Waals surface area contributed by atoms with Gasteiger partial charge in [-0.2, -0.15) is 0 Å². The van der Waals surface area contributed by atoms with Gasteiger partial charge < -0.3 is 25.4 Å². The predicted octanol–water partition coefficient (Wildman–Crippen LogP) is 3.83. The largest absolute Gasteiger partial charge is 0.508 e. The van der Waals surface area contributed by atoms with Gasteiger partial charge in [-0.05, 0) is 59.5 Å². The number of hydrogen-bond acceptors (Lipinski definition) is 6. The number of carbonyl (C=O) groups is 3. The molecule has 8 nitrogen and oxygen atoms in total. The minimum absolute atomic E-state index is 0.0798. The van der Waals surface area contributed by atoms with Crippen LogP contribution < -0.4 is 10.6 Å². The SMILES string of the molecule is CC1CN(CC(Cc2ccccc2)C(=O)NCC(=O)OCC(=O)NCc2ccccc2)CCC1(C)c1cccc(O)c1. The van der Waals surface area contributed by atoms with E-state index in [-0.39, 0.29) is 29.5 Å². The van der Waals surface area contributed by atoms with Crippen molar-refractivity contribution in [1.82, 2.24) is 15.5 Å². The third kappa shape index (κ3) is 8.66. The predicted molar refractivity (Wildman–Crippen MR) is 162 cm³/mol. The molecule has 4 rings (SSSR count). The molecule has 3 atom stereocenters. The molecule has 1 saturated heterocycles. The molecule has 1 heterocycles. The average Bonchev–Trinajstić information content (AvgIpc) is 3.00. The van der Waals surface area contributed by atoms with Crippen LogP contribution in [-0.2, 0) is 37.5 Å². The molecule has 3 N–H and O–H groups in total. The Bertz CT molecular complexity index is 1330. The Morgan fingerprint density at radius 1 is 0.976 bits per heavy atom. The van der Waals surface area contributed by atoms with Crippen LogP contribution in [0.25, 0.3) is 0 Å². The zero-order chi connectivity index (χ0) is 30.0. The number of carbonyl (C=O) groups excluding carboxylic acids is 3. The molecule has 0 bridgehead atoms. The summed E-state index contributed by atoms with van der Waals surface area (Å²) in [6.07, 6.45) is 1.44. The lowest BCUT2D eigenvalue weighted by Crippen LogP contribution is -2.50. The standard InChI is InChI=1S/C34H41N3O5/c1-25-22-37(17-16-34(25,2)29-14-9-15-30(38)19-29)23-28(18-26-10-5-3-6-11-26)33(41)36-21-32(40)42-24-31(39)35-20-27-12-7-4-8-13-27/h3-15,19,25,28,38H,16-18,20-24H2,1-2H3,(H,35,39)(H,36,41). The van der Waals surface area contributed by atoms with Crippen LogP contribution in [0, 0.1) is 11.8 Å². The summed E-state index contributed by atoms with van der Waals surface area (Å²) < 4.78 is 5.08. The number of phenols is 1. The third-order valence-electron chi connectivity index (χ3n) is 8.35. The molecule has 0 aliphatic carbocycles. The first-order chi connectivity index (χ1) is 20.2. The van der Waals surface area contributed by atoms with Crippen molar-refractivity contribution >= 4 is 17.8 Å². The van der Waals surface area contributed by atoms with Crippen LogP contribution in [0.3, 0.4) is 0 Å². The fraction of sp³-hybridized carbons (Fsp3) is 0.382. The maximum absolute atomic E-state index is 13.3. The van der Waals surface area contributed by atoms with Crippen LogP contribution in [0.15, 0.2) is 84.9 Å². The molecule has 0 radical (unpaired) electrons. The van der Waals surface area contributed by atoms with E-state index in [1.165, 1.54) is 0 Å². The van der Waals surface area contributed by atoms with E-state index in [2.05, 4.69) is 35.4 Å². The van der Waals surface area contributed by atoms with Crippen molar-refractivity contribution in [2.75, 3.05) is 32.8 Å². The van der Waals surface area contributed by atoms with Crippen molar-refractivity contribution < 1.29 is 24.2 Å². The van der Waals surface area contributed by atoms with Gasteiger partial charge in [0.2, 0.25) is 5.91 Å². The highest BCUT2D eigenvalue weighted by molar-refractivity contribution is 5.85. The van der Waals surface area contributed by atoms with Crippen LogP contribution in [0.1, 0.15) is 37.0 Å². The van der Waals surface area contributed by atoms with Crippen LogP contribution in [0.4, 0.5) is 0 Å². The zero-order valence-electron chi connectivity index (χ0n) is 24.4. The Hall–Kier alpha value is -4.17. The van der Waals surface area contributed by atoms with E-state index in [0.717, 1.165) is 36.2 Å². The molecular formula is C34H41N3O5. The van der Waals surface area contributed by atoms with E-state index >= 15 is 0 Å². The van der Waals surface area contributed by atoms with E-state index in [9.17, 15) is 19.5 Å². The normalized spacial score (nSPS) is 19.4. The molecule has 0 aromatic heterocycles. The second kappa shape index (κ2) is 14.6. The smallest absolute Gasteiger partial charge is 0.325 e. The lowest BCUT2D eigenvalue weighted by atomic mass is 9.68. The average molecular weight is 572 g/mol. The Balaban J connectivity index is 1.30. The second-order valence-electron chi connectivity index (χ2n) is 11.4. The summed E-state index contributed by atoms with van der Waals surface area (Å²) >= 11 is 0. The highest BCUT2D eigenvalue weighted by atomic mass is 16.5. The second-order valence-corrected chi connectivity index (χ2v) is 11.4. The fourth-order valence-corrected chi connectivity index (χ4v) is 5.57. The number of nitrogens with zero attached hydrogens (tertiary/aromatic N) is 1. The van der Waals surface area contributed by atoms with E-state index in [0.29, 0.717) is 25.4 Å². The maximum Gasteiger partial charge on any atom is 0.325 e. The molecule has 8 heteroatoms. The van der Waals surface area contributed by atoms with Gasteiger partial charge in [-0.1, -0.05) is 86.6 Å². The number of aromatic hydroxyl groups is 1. The summed E-state index contributed by atoms with van der Waals surface area (Å²) in [5, 5.41) is 15.5. The number of benzene rings is 3. The minimum Gasteiger partial charge on any atom is -0.508 e. The summed E-state index contributed by atoms with van der Waals surface area (Å²) in [6, 6.07) is 26.8. The van der Waals surface area contributed by atoms with Gasteiger partial charge in [-0.25, -0.2) is 0 Å². The molecule has 222 valence electrons. The molecule has 2 amide bonds. The lowest BCUT2D eigenvalue weighted by molar-refractivity contribution is -0.148. The Morgan fingerprint density at radius 2 is 1.67 bits per heavy atom. The minimum atomic E-state index is -0.662. The van der Waals surface area contributed by atoms with Crippen molar-refractivity contribution in [2.24, 2.45) is 11.8 Å². The first kappa shape index (κ1) is 30.8. The molecule has 0 saturated carbocycles. The molecule has 1 aliphatic heterocycles. The number of rotatable bonds is 12. The Morgan fingerprint density at radius 3 is 2.33 bits per heavy atom. The number of amides is 2. The van der Waals surface area contributed by atoms with Crippen LogP contribution in [0.5, 0.6) is 5.75 Å². The molecule has 3 aromatic carbocycles. The molecular weight excluding hydrogens is 530 g/mol. The van der Waals surface area contributed by atoms with Gasteiger partial charge in [-0.3, -0.25) is 14.4 Å². The summed E-state index contributed by atoms with van der Waals surface area (Å²) in [6.45, 7) is 6.27. The number of piperidine rings is 1. The Labute approximate surface area is 248 Å². The Kier molecular flexibility index (Phi) is 10.7. The summed E-state index contributed by atoms with van der Waals surface area (Å²) in [5.41, 5.74) is 3.04. The van der Waals surface area contributed by atoms with Crippen molar-refractivity contribution in [3.8, 4) is 5.75 Å². The number of hydrogen-bond donors (Lipinski definition) is 3. The highest BCUT2D eigenvalue weighted by Gasteiger charge is 2.39. The first-order valence-corrected chi connectivity index (χ1v) is 14.5. The van der Waals surface area contributed by atoms with Crippen molar-refractivity contribution in [2.45, 2.75) is 38.6 Å². The number of esters is 1. The first-order valence-electron chi connectivity index (χ1n) is 14.5. The van der Waals surface area contributed by atoms with E-state index in [1.54, 1.807) is 6.07 Å². The maximum atomic E-state index is 13.3. The van der Waals surface area contributed by atoms with E-state index in [1.807, 2.05) is 72.8 Å². The molecule has 1 aliphatic rings. The summed E-state index contributed by atoms with van der Waals surface area (Å²) in [4.78, 5) is 40.1. The van der Waals surface area contributed by atoms with Crippen LogP contribution in [-0.4, -0.2) is 60.6 Å². The zero-order valence-corrected chi connectivity index (χ0v) is 24.4. The van der Waals surface area contributed by atoms with Crippen molar-refractivity contribution in [3.63, 3.8) is 0 Å². The highest BCUT2D eigenvalue weighted by Crippen LogP contribution is 2.40. The third-order valence-corrected chi connectivity index (χ3v) is 8.35. The van der Waals surface area contributed by atoms with Crippen LogP contribution in [0.2, 0.25) is 0 Å². The number of likely N-dealkylation sites (tertiary alicyclic amines) is 1. The quantitative estimate of drug-likeness (QED) is 0.285. The van der Waals surface area contributed by atoms with Gasteiger partial charge in [0.15, 0.2) is 6.61 Å². The number of ether oxygens (including phenoxy) is 1. The van der Waals surface area contributed by atoms with Gasteiger partial charge in [0.05, 0.1) is 5.92 Å². The van der Waals surface area contributed by atoms with E-state index in [4.69, 9.17) is 4.74 Å².